The number of ketones is 1. The maximum absolute atomic E-state index is 12.8. The molecule has 1 aliphatic rings. The molecule has 0 atom stereocenters. The number of carbonyl (C=O) groups is 1. The van der Waals surface area contributed by atoms with E-state index >= 15 is 0 Å². The van der Waals surface area contributed by atoms with Crippen molar-refractivity contribution >= 4 is 28.8 Å². The molecule has 22 heavy (non-hydrogen) atoms. The predicted octanol–water partition coefficient (Wildman–Crippen LogP) is 5.06. The standard InChI is InChI=1S/C20H15NO/c1-3-7-17-12(4-2)15-11-10-14-13-8-5-6-9-16(13)20(22)18(14)19(15)21-17/h3-11,21H,2H2,1H3/b7-3-. The summed E-state index contributed by atoms with van der Waals surface area (Å²) in [7, 11) is 0. The topological polar surface area (TPSA) is 32.9 Å². The number of hydrogen-bond donors (Lipinski definition) is 1. The van der Waals surface area contributed by atoms with Crippen molar-refractivity contribution in [1.82, 2.24) is 4.98 Å². The average molecular weight is 285 g/mol. The van der Waals surface area contributed by atoms with Crippen LogP contribution in [0.5, 0.6) is 0 Å². The molecule has 0 saturated carbocycles. The van der Waals surface area contributed by atoms with Crippen LogP contribution in [0.2, 0.25) is 0 Å². The lowest BCUT2D eigenvalue weighted by molar-refractivity contribution is 0.104. The summed E-state index contributed by atoms with van der Waals surface area (Å²) in [6.07, 6.45) is 5.83. The number of H-pyrrole nitrogens is 1. The van der Waals surface area contributed by atoms with Crippen molar-refractivity contribution in [2.45, 2.75) is 6.92 Å². The van der Waals surface area contributed by atoms with E-state index in [2.05, 4.69) is 17.6 Å². The maximum atomic E-state index is 12.8. The molecule has 2 heteroatoms. The van der Waals surface area contributed by atoms with E-state index in [0.29, 0.717) is 0 Å². The largest absolute Gasteiger partial charge is 0.354 e. The third kappa shape index (κ3) is 1.52. The third-order valence-electron chi connectivity index (χ3n) is 4.27. The second kappa shape index (κ2) is 4.57. The van der Waals surface area contributed by atoms with Crippen molar-refractivity contribution in [2.75, 3.05) is 0 Å². The summed E-state index contributed by atoms with van der Waals surface area (Å²) in [6.45, 7) is 5.89. The van der Waals surface area contributed by atoms with Crippen LogP contribution in [0.3, 0.4) is 0 Å². The van der Waals surface area contributed by atoms with Gasteiger partial charge in [0.2, 0.25) is 0 Å². The molecular formula is C20H15NO. The van der Waals surface area contributed by atoms with Crippen LogP contribution in [0.15, 0.2) is 49.1 Å². The van der Waals surface area contributed by atoms with E-state index in [9.17, 15) is 4.79 Å². The van der Waals surface area contributed by atoms with Crippen molar-refractivity contribution in [3.63, 3.8) is 0 Å². The molecular weight excluding hydrogens is 270 g/mol. The van der Waals surface area contributed by atoms with Crippen LogP contribution in [0.4, 0.5) is 0 Å². The summed E-state index contributed by atoms with van der Waals surface area (Å²) in [5.74, 6) is 0.0973. The fourth-order valence-corrected chi connectivity index (χ4v) is 3.33. The third-order valence-corrected chi connectivity index (χ3v) is 4.27. The molecule has 1 N–H and O–H groups in total. The molecule has 2 nitrogen and oxygen atoms in total. The molecule has 1 aliphatic carbocycles. The molecule has 0 fully saturated rings. The number of allylic oxidation sites excluding steroid dienone is 1. The van der Waals surface area contributed by atoms with Crippen LogP contribution in [0.1, 0.15) is 34.1 Å². The van der Waals surface area contributed by atoms with Gasteiger partial charge in [0.25, 0.3) is 0 Å². The monoisotopic (exact) mass is 285 g/mol. The number of aromatic amines is 1. The number of fused-ring (bicyclic) bond motifs is 5. The van der Waals surface area contributed by atoms with E-state index in [-0.39, 0.29) is 5.78 Å². The Balaban J connectivity index is 2.11. The minimum atomic E-state index is 0.0973. The summed E-state index contributed by atoms with van der Waals surface area (Å²) in [5, 5.41) is 1.04. The zero-order valence-electron chi connectivity index (χ0n) is 12.3. The van der Waals surface area contributed by atoms with Gasteiger partial charge < -0.3 is 4.98 Å². The first-order valence-electron chi connectivity index (χ1n) is 7.34. The molecule has 4 rings (SSSR count). The first-order valence-corrected chi connectivity index (χ1v) is 7.34. The van der Waals surface area contributed by atoms with E-state index in [4.69, 9.17) is 0 Å². The highest BCUT2D eigenvalue weighted by Crippen LogP contribution is 2.41. The number of carbonyl (C=O) groups excluding carboxylic acids is 1. The molecule has 0 spiro atoms. The van der Waals surface area contributed by atoms with E-state index in [1.165, 1.54) is 0 Å². The van der Waals surface area contributed by atoms with E-state index in [1.807, 2.05) is 55.5 Å². The Kier molecular flexibility index (Phi) is 2.67. The van der Waals surface area contributed by atoms with Gasteiger partial charge in [0.05, 0.1) is 11.1 Å². The lowest BCUT2D eigenvalue weighted by Crippen LogP contribution is -1.96. The average Bonchev–Trinajstić information content (AvgIpc) is 3.04. The minimum absolute atomic E-state index is 0.0973. The molecule has 0 unspecified atom stereocenters. The van der Waals surface area contributed by atoms with Crippen LogP contribution < -0.4 is 0 Å². The first kappa shape index (κ1) is 12.8. The van der Waals surface area contributed by atoms with Crippen LogP contribution >= 0.6 is 0 Å². The number of rotatable bonds is 2. The number of hydrogen-bond acceptors (Lipinski definition) is 1. The van der Waals surface area contributed by atoms with Crippen molar-refractivity contribution in [3.05, 3.63) is 71.4 Å². The maximum Gasteiger partial charge on any atom is 0.196 e. The van der Waals surface area contributed by atoms with E-state index in [0.717, 1.165) is 44.4 Å². The molecule has 0 radical (unpaired) electrons. The predicted molar refractivity (Wildman–Crippen MR) is 92.0 cm³/mol. The number of benzene rings is 2. The molecule has 0 bridgehead atoms. The normalized spacial score (nSPS) is 12.9. The molecule has 106 valence electrons. The Labute approximate surface area is 128 Å². The van der Waals surface area contributed by atoms with Crippen molar-refractivity contribution in [1.29, 1.82) is 0 Å². The number of nitrogens with one attached hydrogen (secondary N) is 1. The van der Waals surface area contributed by atoms with Gasteiger partial charge in [-0.15, -0.1) is 0 Å². The van der Waals surface area contributed by atoms with Gasteiger partial charge in [0.15, 0.2) is 5.78 Å². The molecule has 1 heterocycles. The molecule has 0 saturated heterocycles. The Morgan fingerprint density at radius 1 is 1.05 bits per heavy atom. The van der Waals surface area contributed by atoms with Crippen molar-refractivity contribution in [3.8, 4) is 11.1 Å². The molecule has 1 aromatic heterocycles. The lowest BCUT2D eigenvalue weighted by Gasteiger charge is -2.01. The molecule has 0 aliphatic heterocycles. The Hall–Kier alpha value is -2.87. The van der Waals surface area contributed by atoms with Gasteiger partial charge in [-0.2, -0.15) is 0 Å². The highest BCUT2D eigenvalue weighted by Gasteiger charge is 2.29. The van der Waals surface area contributed by atoms with Gasteiger partial charge in [-0.1, -0.05) is 55.1 Å². The second-order valence-electron chi connectivity index (χ2n) is 5.44. The first-order chi connectivity index (χ1) is 10.8. The van der Waals surface area contributed by atoms with Crippen molar-refractivity contribution < 1.29 is 4.79 Å². The summed E-state index contributed by atoms with van der Waals surface area (Å²) < 4.78 is 0. The smallest absolute Gasteiger partial charge is 0.196 e. The Bertz CT molecular complexity index is 973. The molecule has 0 amide bonds. The van der Waals surface area contributed by atoms with Gasteiger partial charge in [0.1, 0.15) is 0 Å². The van der Waals surface area contributed by atoms with Gasteiger partial charge >= 0.3 is 0 Å². The quantitative estimate of drug-likeness (QED) is 0.549. The Morgan fingerprint density at radius 2 is 1.82 bits per heavy atom. The van der Waals surface area contributed by atoms with Crippen LogP contribution in [-0.4, -0.2) is 10.8 Å². The highest BCUT2D eigenvalue weighted by atomic mass is 16.1. The number of aromatic nitrogens is 1. The zero-order chi connectivity index (χ0) is 15.3. The SMILES string of the molecule is C=Cc1c(/C=C\C)[nH]c2c3c(ccc12)-c1ccccc1C3=O. The summed E-state index contributed by atoms with van der Waals surface area (Å²) in [4.78, 5) is 16.2. The van der Waals surface area contributed by atoms with Gasteiger partial charge in [0, 0.05) is 22.2 Å². The molecule has 3 aromatic rings. The summed E-state index contributed by atoms with van der Waals surface area (Å²) >= 11 is 0. The minimum Gasteiger partial charge on any atom is -0.354 e. The second-order valence-corrected chi connectivity index (χ2v) is 5.44. The van der Waals surface area contributed by atoms with E-state index in [1.54, 1.807) is 0 Å². The van der Waals surface area contributed by atoms with Crippen LogP contribution in [0.25, 0.3) is 34.2 Å². The summed E-state index contributed by atoms with van der Waals surface area (Å²) in [6, 6.07) is 11.9. The fourth-order valence-electron chi connectivity index (χ4n) is 3.33. The molecule has 2 aromatic carbocycles. The Morgan fingerprint density at radius 3 is 2.55 bits per heavy atom. The summed E-state index contributed by atoms with van der Waals surface area (Å²) in [5.41, 5.74) is 6.53. The van der Waals surface area contributed by atoms with Crippen LogP contribution in [-0.2, 0) is 0 Å². The highest BCUT2D eigenvalue weighted by molar-refractivity contribution is 6.27. The lowest BCUT2D eigenvalue weighted by atomic mass is 10.0. The fraction of sp³-hybridized carbons (Fsp3) is 0.0500. The van der Waals surface area contributed by atoms with Crippen LogP contribution in [0, 0.1) is 0 Å². The zero-order valence-corrected chi connectivity index (χ0v) is 12.3. The van der Waals surface area contributed by atoms with Gasteiger partial charge in [-0.05, 0) is 24.1 Å². The van der Waals surface area contributed by atoms with Gasteiger partial charge in [-0.3, -0.25) is 4.79 Å². The van der Waals surface area contributed by atoms with Gasteiger partial charge in [-0.25, -0.2) is 0 Å². The van der Waals surface area contributed by atoms with Crippen molar-refractivity contribution in [2.24, 2.45) is 0 Å². The van der Waals surface area contributed by atoms with E-state index < -0.39 is 0 Å².